The van der Waals surface area contributed by atoms with Crippen molar-refractivity contribution in [3.8, 4) is 0 Å². The number of sulfone groups is 1. The number of rotatable bonds is 5. The molecular formula is C14H14FN3O4S2. The molecular weight excluding hydrogens is 357 g/mol. The monoisotopic (exact) mass is 371 g/mol. The van der Waals surface area contributed by atoms with E-state index in [4.69, 9.17) is 4.42 Å². The lowest BCUT2D eigenvalue weighted by Gasteiger charge is -2.03. The van der Waals surface area contributed by atoms with Crippen LogP contribution in [0.5, 0.6) is 0 Å². The van der Waals surface area contributed by atoms with E-state index in [1.165, 1.54) is 18.2 Å². The number of anilines is 1. The van der Waals surface area contributed by atoms with Crippen molar-refractivity contribution in [2.24, 2.45) is 0 Å². The molecule has 0 unspecified atom stereocenters. The number of halogens is 1. The highest BCUT2D eigenvalue weighted by molar-refractivity contribution is 7.99. The molecule has 2 heterocycles. The molecule has 0 bridgehead atoms. The van der Waals surface area contributed by atoms with Gasteiger partial charge in [0.15, 0.2) is 9.84 Å². The first-order valence-corrected chi connectivity index (χ1v) is 9.94. The molecule has 3 rings (SSSR count). The minimum Gasteiger partial charge on any atom is -0.416 e. The summed E-state index contributed by atoms with van der Waals surface area (Å²) in [6.07, 6.45) is 0.467. The molecule has 1 N–H and O–H groups in total. The predicted molar refractivity (Wildman–Crippen MR) is 86.1 cm³/mol. The van der Waals surface area contributed by atoms with Crippen LogP contribution in [-0.2, 0) is 14.6 Å². The quantitative estimate of drug-likeness (QED) is 0.800. The highest BCUT2D eigenvalue weighted by Crippen LogP contribution is 2.29. The Morgan fingerprint density at radius 2 is 2.25 bits per heavy atom. The number of carbonyl (C=O) groups excluding carboxylic acids is 1. The first-order chi connectivity index (χ1) is 11.4. The van der Waals surface area contributed by atoms with Crippen molar-refractivity contribution >= 4 is 33.2 Å². The molecule has 0 saturated carbocycles. The second-order valence-corrected chi connectivity index (χ2v) is 8.51. The van der Waals surface area contributed by atoms with Crippen LogP contribution < -0.4 is 5.32 Å². The third kappa shape index (κ3) is 4.32. The van der Waals surface area contributed by atoms with Crippen molar-refractivity contribution in [1.82, 2.24) is 10.2 Å². The van der Waals surface area contributed by atoms with Crippen LogP contribution in [0.2, 0.25) is 0 Å². The van der Waals surface area contributed by atoms with Crippen molar-refractivity contribution in [2.45, 2.75) is 17.6 Å². The maximum absolute atomic E-state index is 13.0. The maximum Gasteiger partial charge on any atom is 0.277 e. The molecule has 1 fully saturated rings. The van der Waals surface area contributed by atoms with E-state index in [0.717, 1.165) is 11.8 Å². The van der Waals surface area contributed by atoms with Crippen molar-refractivity contribution in [3.63, 3.8) is 0 Å². The summed E-state index contributed by atoms with van der Waals surface area (Å²) in [7, 11) is -3.03. The minimum absolute atomic E-state index is 0.0133. The summed E-state index contributed by atoms with van der Waals surface area (Å²) in [5, 5.41) is 10.4. The van der Waals surface area contributed by atoms with E-state index in [2.05, 4.69) is 15.5 Å². The number of hydrogen-bond donors (Lipinski definition) is 1. The summed E-state index contributed by atoms with van der Waals surface area (Å²) >= 11 is 1.04. The van der Waals surface area contributed by atoms with Crippen molar-refractivity contribution < 1.29 is 22.0 Å². The fraction of sp³-hybridized carbons (Fsp3) is 0.357. The third-order valence-electron chi connectivity index (χ3n) is 3.44. The Bertz CT molecular complexity index is 853. The Hall–Kier alpha value is -1.94. The van der Waals surface area contributed by atoms with E-state index in [1.807, 2.05) is 0 Å². The average molecular weight is 371 g/mol. The van der Waals surface area contributed by atoms with E-state index >= 15 is 0 Å². The summed E-state index contributed by atoms with van der Waals surface area (Å²) in [5.41, 5.74) is 0.364. The van der Waals surface area contributed by atoms with E-state index in [0.29, 0.717) is 12.1 Å². The van der Waals surface area contributed by atoms with Gasteiger partial charge in [0.25, 0.3) is 5.22 Å². The van der Waals surface area contributed by atoms with Crippen LogP contribution in [0.15, 0.2) is 33.9 Å². The fourth-order valence-corrected chi connectivity index (χ4v) is 4.63. The summed E-state index contributed by atoms with van der Waals surface area (Å²) < 4.78 is 41.4. The van der Waals surface area contributed by atoms with Gasteiger partial charge in [-0.15, -0.1) is 10.2 Å². The van der Waals surface area contributed by atoms with Gasteiger partial charge in [0, 0.05) is 5.69 Å². The first kappa shape index (κ1) is 16.9. The van der Waals surface area contributed by atoms with Gasteiger partial charge in [-0.1, -0.05) is 17.8 Å². The predicted octanol–water partition coefficient (Wildman–Crippen LogP) is 1.84. The van der Waals surface area contributed by atoms with Gasteiger partial charge in [0.2, 0.25) is 11.8 Å². The molecule has 1 atom stereocenters. The number of amides is 1. The van der Waals surface area contributed by atoms with Gasteiger partial charge < -0.3 is 9.73 Å². The molecule has 128 valence electrons. The van der Waals surface area contributed by atoms with E-state index < -0.39 is 15.7 Å². The second-order valence-electron chi connectivity index (χ2n) is 5.35. The van der Waals surface area contributed by atoms with Crippen LogP contribution in [0, 0.1) is 5.82 Å². The lowest BCUT2D eigenvalue weighted by atomic mass is 10.1. The van der Waals surface area contributed by atoms with Gasteiger partial charge in [-0.25, -0.2) is 12.8 Å². The van der Waals surface area contributed by atoms with Gasteiger partial charge in [-0.3, -0.25) is 4.79 Å². The molecule has 1 aliphatic rings. The van der Waals surface area contributed by atoms with Gasteiger partial charge in [0.05, 0.1) is 23.2 Å². The van der Waals surface area contributed by atoms with Crippen LogP contribution in [0.25, 0.3) is 0 Å². The number of hydrogen-bond acceptors (Lipinski definition) is 7. The zero-order valence-corrected chi connectivity index (χ0v) is 14.1. The molecule has 1 saturated heterocycles. The van der Waals surface area contributed by atoms with Crippen LogP contribution in [0.4, 0.5) is 10.1 Å². The molecule has 1 amide bonds. The number of nitrogens with zero attached hydrogens (tertiary/aromatic N) is 2. The molecule has 0 aliphatic carbocycles. The van der Waals surface area contributed by atoms with Crippen LogP contribution in [-0.4, -0.2) is 41.8 Å². The largest absolute Gasteiger partial charge is 0.416 e. The molecule has 0 radical (unpaired) electrons. The van der Waals surface area contributed by atoms with Gasteiger partial charge in [-0.05, 0) is 24.6 Å². The van der Waals surface area contributed by atoms with Gasteiger partial charge in [0.1, 0.15) is 5.82 Å². The number of aromatic nitrogens is 2. The molecule has 10 heteroatoms. The van der Waals surface area contributed by atoms with Gasteiger partial charge in [-0.2, -0.15) is 0 Å². The maximum atomic E-state index is 13.0. The average Bonchev–Trinajstić information content (AvgIpc) is 3.11. The van der Waals surface area contributed by atoms with Crippen molar-refractivity contribution in [1.29, 1.82) is 0 Å². The zero-order valence-electron chi connectivity index (χ0n) is 12.4. The van der Waals surface area contributed by atoms with Crippen LogP contribution in [0.3, 0.4) is 0 Å². The molecule has 7 nitrogen and oxygen atoms in total. The van der Waals surface area contributed by atoms with Gasteiger partial charge >= 0.3 is 0 Å². The third-order valence-corrected chi connectivity index (χ3v) is 6.03. The normalized spacial score (nSPS) is 19.3. The minimum atomic E-state index is -3.03. The lowest BCUT2D eigenvalue weighted by Crippen LogP contribution is -2.14. The highest BCUT2D eigenvalue weighted by atomic mass is 32.2. The highest BCUT2D eigenvalue weighted by Gasteiger charge is 2.32. The molecule has 0 spiro atoms. The van der Waals surface area contributed by atoms with E-state index in [9.17, 15) is 17.6 Å². The van der Waals surface area contributed by atoms with E-state index in [-0.39, 0.29) is 40.2 Å². The Balaban J connectivity index is 1.53. The fourth-order valence-electron chi connectivity index (χ4n) is 2.32. The van der Waals surface area contributed by atoms with Crippen molar-refractivity contribution in [2.75, 3.05) is 22.6 Å². The molecule has 1 aromatic carbocycles. The Kier molecular flexibility index (Phi) is 4.86. The summed E-state index contributed by atoms with van der Waals surface area (Å²) in [4.78, 5) is 11.8. The molecule has 1 aromatic heterocycles. The SMILES string of the molecule is O=C(CSc1nnc([C@H]2CCS(=O)(=O)C2)o1)Nc1cccc(F)c1. The number of benzene rings is 1. The first-order valence-electron chi connectivity index (χ1n) is 7.13. The number of nitrogens with one attached hydrogen (secondary N) is 1. The summed E-state index contributed by atoms with van der Waals surface area (Å²) in [6.45, 7) is 0. The van der Waals surface area contributed by atoms with E-state index in [1.54, 1.807) is 6.07 Å². The van der Waals surface area contributed by atoms with Crippen LogP contribution >= 0.6 is 11.8 Å². The molecule has 2 aromatic rings. The van der Waals surface area contributed by atoms with Crippen LogP contribution in [0.1, 0.15) is 18.2 Å². The summed E-state index contributed by atoms with van der Waals surface area (Å²) in [6, 6.07) is 5.58. The topological polar surface area (TPSA) is 102 Å². The summed E-state index contributed by atoms with van der Waals surface area (Å²) in [5.74, 6) is -0.622. The Labute approximate surface area is 141 Å². The zero-order chi connectivity index (χ0) is 17.2. The van der Waals surface area contributed by atoms with Crippen molar-refractivity contribution in [3.05, 3.63) is 36.0 Å². The molecule has 1 aliphatic heterocycles. The Morgan fingerprint density at radius 1 is 1.42 bits per heavy atom. The Morgan fingerprint density at radius 3 is 2.96 bits per heavy atom. The lowest BCUT2D eigenvalue weighted by molar-refractivity contribution is -0.113. The smallest absolute Gasteiger partial charge is 0.277 e. The molecule has 24 heavy (non-hydrogen) atoms. The number of carbonyl (C=O) groups is 1. The number of thioether (sulfide) groups is 1. The standard InChI is InChI=1S/C14H14FN3O4S2/c15-10-2-1-3-11(6-10)16-12(19)7-23-14-18-17-13(22-14)9-4-5-24(20,21)8-9/h1-3,6,9H,4-5,7-8H2,(H,16,19)/t9-/m0/s1. The second kappa shape index (κ2) is 6.89.